The molecule has 0 spiro atoms. The summed E-state index contributed by atoms with van der Waals surface area (Å²) in [5, 5.41) is 3.48. The van der Waals surface area contributed by atoms with Gasteiger partial charge in [0.15, 0.2) is 6.23 Å². The maximum Gasteiger partial charge on any atom is 0.335 e. The third kappa shape index (κ3) is 2.21. The van der Waals surface area contributed by atoms with E-state index in [1.165, 1.54) is 0 Å². The lowest BCUT2D eigenvalue weighted by molar-refractivity contribution is -0.129. The Morgan fingerprint density at radius 2 is 2.53 bits per heavy atom. The number of ether oxygens (including phenoxy) is 2. The van der Waals surface area contributed by atoms with E-state index in [-0.39, 0.29) is 0 Å². The molecule has 0 fully saturated rings. The number of hydrogen-bond acceptors (Lipinski definition) is 4. The summed E-state index contributed by atoms with van der Waals surface area (Å²) >= 11 is 0. The van der Waals surface area contributed by atoms with Crippen molar-refractivity contribution in [2.24, 2.45) is 5.11 Å². The summed E-state index contributed by atoms with van der Waals surface area (Å²) in [5.41, 5.74) is 9.06. The van der Waals surface area contributed by atoms with E-state index >= 15 is 0 Å². The van der Waals surface area contributed by atoms with Gasteiger partial charge in [0.1, 0.15) is 11.5 Å². The fraction of sp³-hybridized carbons (Fsp3) is 0.182. The molecule has 1 aromatic carbocycles. The Kier molecular flexibility index (Phi) is 2.98. The molecular formula is C11H9N3O3. The van der Waals surface area contributed by atoms with Crippen LogP contribution in [0, 0.1) is 0 Å². The summed E-state index contributed by atoms with van der Waals surface area (Å²) < 4.78 is 10.4. The van der Waals surface area contributed by atoms with Gasteiger partial charge in [0.2, 0.25) is 0 Å². The van der Waals surface area contributed by atoms with Crippen LogP contribution in [0.3, 0.4) is 0 Å². The van der Waals surface area contributed by atoms with Crippen molar-refractivity contribution in [3.8, 4) is 11.5 Å². The van der Waals surface area contributed by atoms with Crippen LogP contribution in [0.15, 0.2) is 36.0 Å². The second-order valence-electron chi connectivity index (χ2n) is 3.34. The molecule has 0 N–H and O–H groups in total. The minimum atomic E-state index is -0.585. The highest BCUT2D eigenvalue weighted by molar-refractivity contribution is 5.83. The first-order valence-electron chi connectivity index (χ1n) is 4.91. The summed E-state index contributed by atoms with van der Waals surface area (Å²) in [6, 6.07) is 5.08. The van der Waals surface area contributed by atoms with Gasteiger partial charge in [-0.15, -0.1) is 0 Å². The van der Waals surface area contributed by atoms with E-state index in [2.05, 4.69) is 16.6 Å². The molecule has 6 heteroatoms. The van der Waals surface area contributed by atoms with Gasteiger partial charge in [-0.25, -0.2) is 4.79 Å². The topological polar surface area (TPSA) is 84.3 Å². The van der Waals surface area contributed by atoms with Crippen molar-refractivity contribution in [1.82, 2.24) is 0 Å². The fourth-order valence-electron chi connectivity index (χ4n) is 1.59. The van der Waals surface area contributed by atoms with Crippen LogP contribution < -0.4 is 9.47 Å². The lowest BCUT2D eigenvalue weighted by Crippen LogP contribution is -2.08. The fourth-order valence-corrected chi connectivity index (χ4v) is 1.59. The smallest absolute Gasteiger partial charge is 0.335 e. The van der Waals surface area contributed by atoms with Crippen LogP contribution in [-0.4, -0.2) is 12.2 Å². The highest BCUT2D eigenvalue weighted by Gasteiger charge is 2.25. The lowest BCUT2D eigenvalue weighted by Gasteiger charge is -2.05. The van der Waals surface area contributed by atoms with E-state index in [1.54, 1.807) is 18.2 Å². The number of nitrogens with zero attached hydrogens (tertiary/aromatic N) is 3. The number of rotatable bonds is 3. The van der Waals surface area contributed by atoms with Gasteiger partial charge in [-0.1, -0.05) is 12.6 Å². The first-order chi connectivity index (χ1) is 8.24. The van der Waals surface area contributed by atoms with Crippen molar-refractivity contribution in [3.63, 3.8) is 0 Å². The molecular weight excluding hydrogens is 222 g/mol. The van der Waals surface area contributed by atoms with E-state index in [1.807, 2.05) is 0 Å². The number of esters is 1. The largest absolute Gasteiger partial charge is 0.484 e. The number of fused-ring (bicyclic) bond motifs is 1. The molecule has 0 radical (unpaired) electrons. The van der Waals surface area contributed by atoms with Crippen molar-refractivity contribution in [2.75, 3.05) is 0 Å². The summed E-state index contributed by atoms with van der Waals surface area (Å²) in [4.78, 5) is 13.8. The van der Waals surface area contributed by atoms with Crippen LogP contribution in [0.1, 0.15) is 5.56 Å². The molecule has 1 atom stereocenters. The highest BCUT2D eigenvalue weighted by atomic mass is 16.5. The Morgan fingerprint density at radius 1 is 1.71 bits per heavy atom. The second kappa shape index (κ2) is 4.59. The van der Waals surface area contributed by atoms with Gasteiger partial charge in [0.05, 0.1) is 0 Å². The Balaban J connectivity index is 2.28. The maximum absolute atomic E-state index is 11.1. The normalized spacial score (nSPS) is 16.4. The molecule has 2 rings (SSSR count). The second-order valence-corrected chi connectivity index (χ2v) is 3.34. The van der Waals surface area contributed by atoms with Gasteiger partial charge in [0, 0.05) is 23.0 Å². The van der Waals surface area contributed by atoms with Gasteiger partial charge in [-0.3, -0.25) is 0 Å². The number of hydrogen-bond donors (Lipinski definition) is 0. The molecule has 86 valence electrons. The Labute approximate surface area is 97.1 Å². The van der Waals surface area contributed by atoms with Crippen LogP contribution >= 0.6 is 0 Å². The average Bonchev–Trinajstić information content (AvgIpc) is 2.73. The highest BCUT2D eigenvalue weighted by Crippen LogP contribution is 2.36. The molecule has 1 aliphatic heterocycles. The van der Waals surface area contributed by atoms with Crippen molar-refractivity contribution < 1.29 is 14.3 Å². The molecule has 1 unspecified atom stereocenters. The molecule has 17 heavy (non-hydrogen) atoms. The third-order valence-corrected chi connectivity index (χ3v) is 2.29. The number of carbonyl (C=O) groups excluding carboxylic acids is 1. The zero-order valence-electron chi connectivity index (χ0n) is 8.87. The Hall–Kier alpha value is -2.46. The van der Waals surface area contributed by atoms with E-state index in [9.17, 15) is 4.79 Å². The monoisotopic (exact) mass is 231 g/mol. The van der Waals surface area contributed by atoms with Crippen LogP contribution in [-0.2, 0) is 11.2 Å². The van der Waals surface area contributed by atoms with E-state index in [0.29, 0.717) is 17.9 Å². The molecule has 1 heterocycles. The zero-order chi connectivity index (χ0) is 12.3. The van der Waals surface area contributed by atoms with Gasteiger partial charge in [-0.2, -0.15) is 0 Å². The van der Waals surface area contributed by atoms with Gasteiger partial charge in [-0.05, 0) is 22.8 Å². The predicted molar refractivity (Wildman–Crippen MR) is 59.5 cm³/mol. The van der Waals surface area contributed by atoms with Crippen molar-refractivity contribution in [1.29, 1.82) is 0 Å². The van der Waals surface area contributed by atoms with Gasteiger partial charge < -0.3 is 9.47 Å². The van der Waals surface area contributed by atoms with E-state index in [4.69, 9.17) is 15.0 Å². The minimum Gasteiger partial charge on any atom is -0.484 e. The molecule has 1 aromatic rings. The number of azide groups is 1. The first kappa shape index (κ1) is 11.0. The summed E-state index contributed by atoms with van der Waals surface area (Å²) in [6.07, 6.45) is 0.888. The number of carbonyl (C=O) groups is 1. The Bertz CT molecular complexity index is 521. The van der Waals surface area contributed by atoms with Crippen molar-refractivity contribution in [2.45, 2.75) is 12.6 Å². The molecule has 0 bridgehead atoms. The molecule has 0 aromatic heterocycles. The van der Waals surface area contributed by atoms with Gasteiger partial charge in [0.25, 0.3) is 0 Å². The third-order valence-electron chi connectivity index (χ3n) is 2.29. The van der Waals surface area contributed by atoms with Crippen LogP contribution in [0.25, 0.3) is 10.4 Å². The molecule has 6 nitrogen and oxygen atoms in total. The summed E-state index contributed by atoms with van der Waals surface area (Å²) in [7, 11) is 0. The predicted octanol–water partition coefficient (Wildman–Crippen LogP) is 2.35. The van der Waals surface area contributed by atoms with E-state index in [0.717, 1.165) is 11.6 Å². The summed E-state index contributed by atoms with van der Waals surface area (Å²) in [5.74, 6) is 0.436. The molecule has 0 aliphatic carbocycles. The van der Waals surface area contributed by atoms with Crippen LogP contribution in [0.4, 0.5) is 0 Å². The maximum atomic E-state index is 11.1. The minimum absolute atomic E-state index is 0.389. The zero-order valence-corrected chi connectivity index (χ0v) is 8.87. The van der Waals surface area contributed by atoms with Crippen molar-refractivity contribution in [3.05, 3.63) is 46.9 Å². The molecule has 1 aliphatic rings. The quantitative estimate of drug-likeness (QED) is 0.200. The number of benzene rings is 1. The van der Waals surface area contributed by atoms with Crippen LogP contribution in [0.2, 0.25) is 0 Å². The van der Waals surface area contributed by atoms with E-state index < -0.39 is 12.2 Å². The first-order valence-corrected chi connectivity index (χ1v) is 4.91. The molecule has 0 saturated heterocycles. The SMILES string of the molecule is C=CC(=O)Oc1cccc2c1CC(N=[N+]=[N-])O2. The molecule has 0 amide bonds. The average molecular weight is 231 g/mol. The molecule has 0 saturated carbocycles. The van der Waals surface area contributed by atoms with Crippen molar-refractivity contribution >= 4 is 5.97 Å². The Morgan fingerprint density at radius 3 is 3.24 bits per heavy atom. The standard InChI is InChI=1S/C11H9N3O3/c1-2-11(15)17-9-5-3-4-8-7(9)6-10(16-8)13-14-12/h2-5,10H,1,6H2. The van der Waals surface area contributed by atoms with Crippen LogP contribution in [0.5, 0.6) is 11.5 Å². The lowest BCUT2D eigenvalue weighted by atomic mass is 10.1. The van der Waals surface area contributed by atoms with Gasteiger partial charge >= 0.3 is 5.97 Å². The summed E-state index contributed by atoms with van der Waals surface area (Å²) in [6.45, 7) is 3.32.